The van der Waals surface area contributed by atoms with E-state index in [1.807, 2.05) is 0 Å². The third-order valence-corrected chi connectivity index (χ3v) is 2.49. The first-order chi connectivity index (χ1) is 7.63. The molecule has 5 heteroatoms. The second-order valence-corrected chi connectivity index (χ2v) is 3.67. The zero-order valence-electron chi connectivity index (χ0n) is 8.82. The van der Waals surface area contributed by atoms with Gasteiger partial charge >= 0.3 is 0 Å². The van der Waals surface area contributed by atoms with Crippen molar-refractivity contribution >= 4 is 28.4 Å². The van der Waals surface area contributed by atoms with Crippen LogP contribution in [-0.4, -0.2) is 22.9 Å². The number of rotatable bonds is 2. The van der Waals surface area contributed by atoms with E-state index in [-0.39, 0.29) is 5.78 Å². The van der Waals surface area contributed by atoms with Crippen LogP contribution in [0.5, 0.6) is 5.88 Å². The van der Waals surface area contributed by atoms with Gasteiger partial charge in [-0.05, 0) is 13.0 Å². The van der Waals surface area contributed by atoms with Gasteiger partial charge in [-0.25, -0.2) is 4.98 Å². The summed E-state index contributed by atoms with van der Waals surface area (Å²) in [5.41, 5.74) is 1.47. The smallest absolute Gasteiger partial charge is 0.213 e. The van der Waals surface area contributed by atoms with E-state index in [1.54, 1.807) is 12.1 Å². The van der Waals surface area contributed by atoms with E-state index in [2.05, 4.69) is 9.97 Å². The Balaban J connectivity index is 2.83. The topological polar surface area (TPSA) is 52.1 Å². The maximum Gasteiger partial charge on any atom is 0.213 e. The molecule has 0 N–H and O–H groups in total. The molecule has 0 atom stereocenters. The molecule has 0 unspecified atom stereocenters. The Morgan fingerprint density at radius 2 is 2.19 bits per heavy atom. The summed E-state index contributed by atoms with van der Waals surface area (Å²) in [6.07, 6.45) is 1.45. The van der Waals surface area contributed by atoms with Gasteiger partial charge in [0, 0.05) is 12.3 Å². The Kier molecular flexibility index (Phi) is 2.75. The summed E-state index contributed by atoms with van der Waals surface area (Å²) in [7, 11) is 1.51. The number of Topliss-reactive ketones (excluding diaryl/α,β-unsaturated/α-hetero) is 1. The van der Waals surface area contributed by atoms with Crippen molar-refractivity contribution < 1.29 is 9.53 Å². The summed E-state index contributed by atoms with van der Waals surface area (Å²) in [4.78, 5) is 19.8. The van der Waals surface area contributed by atoms with Gasteiger partial charge in [0.15, 0.2) is 5.78 Å². The van der Waals surface area contributed by atoms with Crippen LogP contribution in [0.1, 0.15) is 17.3 Å². The predicted octanol–water partition coefficient (Wildman–Crippen LogP) is 2.49. The first kappa shape index (κ1) is 10.8. The number of methoxy groups -OCH3 is 1. The number of hydrogen-bond donors (Lipinski definition) is 0. The number of carbonyl (C=O) groups is 1. The van der Waals surface area contributed by atoms with Crippen LogP contribution in [0.25, 0.3) is 11.0 Å². The number of hydrogen-bond acceptors (Lipinski definition) is 4. The highest BCUT2D eigenvalue weighted by atomic mass is 35.5. The lowest BCUT2D eigenvalue weighted by Gasteiger charge is -2.05. The van der Waals surface area contributed by atoms with Gasteiger partial charge < -0.3 is 4.74 Å². The minimum absolute atomic E-state index is 0.141. The minimum atomic E-state index is -0.141. The molecule has 0 aromatic carbocycles. The van der Waals surface area contributed by atoms with Gasteiger partial charge in [-0.2, -0.15) is 0 Å². The molecule has 0 amide bonds. The van der Waals surface area contributed by atoms with Crippen LogP contribution in [-0.2, 0) is 0 Å². The molecule has 0 fully saturated rings. The van der Waals surface area contributed by atoms with Crippen molar-refractivity contribution in [2.45, 2.75) is 6.92 Å². The summed E-state index contributed by atoms with van der Waals surface area (Å²) in [5, 5.41) is 0.306. The Morgan fingerprint density at radius 3 is 2.81 bits per heavy atom. The Bertz CT molecular complexity index is 569. The SMILES string of the molecule is COc1ccc2ncc(Cl)c(C(C)=O)c2n1. The van der Waals surface area contributed by atoms with Crippen LogP contribution in [0.3, 0.4) is 0 Å². The summed E-state index contributed by atoms with van der Waals surface area (Å²) >= 11 is 5.93. The summed E-state index contributed by atoms with van der Waals surface area (Å²) in [6.45, 7) is 1.45. The second-order valence-electron chi connectivity index (χ2n) is 3.26. The van der Waals surface area contributed by atoms with Gasteiger partial charge in [0.25, 0.3) is 0 Å². The highest BCUT2D eigenvalue weighted by Gasteiger charge is 2.13. The van der Waals surface area contributed by atoms with E-state index in [0.717, 1.165) is 0 Å². The van der Waals surface area contributed by atoms with E-state index in [1.165, 1.54) is 20.2 Å². The molecule has 0 aliphatic heterocycles. The average Bonchev–Trinajstić information content (AvgIpc) is 2.27. The molecule has 82 valence electrons. The maximum atomic E-state index is 11.5. The Hall–Kier alpha value is -1.68. The number of aromatic nitrogens is 2. The van der Waals surface area contributed by atoms with E-state index >= 15 is 0 Å². The first-order valence-electron chi connectivity index (χ1n) is 4.63. The van der Waals surface area contributed by atoms with Crippen molar-refractivity contribution in [2.75, 3.05) is 7.11 Å². The molecule has 2 aromatic heterocycles. The molecule has 0 bridgehead atoms. The molecule has 2 heterocycles. The molecule has 0 saturated carbocycles. The molecule has 0 radical (unpaired) electrons. The van der Waals surface area contributed by atoms with Crippen molar-refractivity contribution in [3.8, 4) is 5.88 Å². The largest absolute Gasteiger partial charge is 0.481 e. The molecule has 16 heavy (non-hydrogen) atoms. The molecule has 0 spiro atoms. The average molecular weight is 237 g/mol. The third kappa shape index (κ3) is 1.72. The van der Waals surface area contributed by atoms with Gasteiger partial charge in [0.2, 0.25) is 5.88 Å². The van der Waals surface area contributed by atoms with Crippen molar-refractivity contribution in [2.24, 2.45) is 0 Å². The molecular weight excluding hydrogens is 228 g/mol. The van der Waals surface area contributed by atoms with Crippen LogP contribution in [0.4, 0.5) is 0 Å². The minimum Gasteiger partial charge on any atom is -0.481 e. The lowest BCUT2D eigenvalue weighted by molar-refractivity contribution is 0.101. The number of ketones is 1. The molecule has 0 saturated heterocycles. The quantitative estimate of drug-likeness (QED) is 0.752. The predicted molar refractivity (Wildman–Crippen MR) is 61.1 cm³/mol. The number of halogens is 1. The van der Waals surface area contributed by atoms with E-state index in [0.29, 0.717) is 27.5 Å². The number of pyridine rings is 2. The summed E-state index contributed by atoms with van der Waals surface area (Å²) in [5.74, 6) is 0.289. The molecule has 2 rings (SSSR count). The van der Waals surface area contributed by atoms with Crippen LogP contribution < -0.4 is 4.74 Å². The van der Waals surface area contributed by atoms with Crippen molar-refractivity contribution in [3.63, 3.8) is 0 Å². The van der Waals surface area contributed by atoms with Gasteiger partial charge in [-0.15, -0.1) is 0 Å². The maximum absolute atomic E-state index is 11.5. The van der Waals surface area contributed by atoms with E-state index < -0.39 is 0 Å². The van der Waals surface area contributed by atoms with Gasteiger partial charge in [-0.3, -0.25) is 9.78 Å². The lowest BCUT2D eigenvalue weighted by Crippen LogP contribution is -1.99. The molecular formula is C11H9ClN2O2. The standard InChI is InChI=1S/C11H9ClN2O2/c1-6(15)10-7(12)5-13-8-3-4-9(16-2)14-11(8)10/h3-5H,1-2H3. The highest BCUT2D eigenvalue weighted by molar-refractivity contribution is 6.35. The number of carbonyl (C=O) groups excluding carboxylic acids is 1. The number of ether oxygens (including phenoxy) is 1. The Labute approximate surface area is 97.2 Å². The van der Waals surface area contributed by atoms with Gasteiger partial charge in [0.1, 0.15) is 5.52 Å². The lowest BCUT2D eigenvalue weighted by atomic mass is 10.1. The number of fused-ring (bicyclic) bond motifs is 1. The fourth-order valence-electron chi connectivity index (χ4n) is 1.47. The second kappa shape index (κ2) is 4.06. The number of nitrogens with zero attached hydrogens (tertiary/aromatic N) is 2. The van der Waals surface area contributed by atoms with Crippen LogP contribution in [0.15, 0.2) is 18.3 Å². The molecule has 2 aromatic rings. The zero-order valence-corrected chi connectivity index (χ0v) is 9.58. The summed E-state index contributed by atoms with van der Waals surface area (Å²) < 4.78 is 5.00. The normalized spacial score (nSPS) is 10.4. The fraction of sp³-hybridized carbons (Fsp3) is 0.182. The van der Waals surface area contributed by atoms with Crippen molar-refractivity contribution in [1.82, 2.24) is 9.97 Å². The van der Waals surface area contributed by atoms with Crippen molar-refractivity contribution in [3.05, 3.63) is 28.9 Å². The van der Waals surface area contributed by atoms with Crippen LogP contribution in [0, 0.1) is 0 Å². The molecule has 4 nitrogen and oxygen atoms in total. The fourth-order valence-corrected chi connectivity index (χ4v) is 1.75. The molecule has 0 aliphatic carbocycles. The van der Waals surface area contributed by atoms with E-state index in [9.17, 15) is 4.79 Å². The van der Waals surface area contributed by atoms with Crippen molar-refractivity contribution in [1.29, 1.82) is 0 Å². The van der Waals surface area contributed by atoms with Crippen LogP contribution >= 0.6 is 11.6 Å². The monoisotopic (exact) mass is 236 g/mol. The van der Waals surface area contributed by atoms with Crippen LogP contribution in [0.2, 0.25) is 5.02 Å². The third-order valence-electron chi connectivity index (χ3n) is 2.20. The van der Waals surface area contributed by atoms with E-state index in [4.69, 9.17) is 16.3 Å². The Morgan fingerprint density at radius 1 is 1.44 bits per heavy atom. The zero-order chi connectivity index (χ0) is 11.7. The van der Waals surface area contributed by atoms with Gasteiger partial charge in [-0.1, -0.05) is 11.6 Å². The molecule has 0 aliphatic rings. The first-order valence-corrected chi connectivity index (χ1v) is 5.01. The highest BCUT2D eigenvalue weighted by Crippen LogP contribution is 2.24. The van der Waals surface area contributed by atoms with Gasteiger partial charge in [0.05, 0.1) is 23.2 Å². The summed E-state index contributed by atoms with van der Waals surface area (Å²) in [6, 6.07) is 3.43.